The number of pyridine rings is 2. The van der Waals surface area contributed by atoms with E-state index in [0.717, 1.165) is 50.5 Å². The fourth-order valence-electron chi connectivity index (χ4n) is 6.95. The van der Waals surface area contributed by atoms with Crippen LogP contribution in [-0.4, -0.2) is 25.8 Å². The van der Waals surface area contributed by atoms with E-state index in [9.17, 15) is 0 Å². The predicted molar refractivity (Wildman–Crippen MR) is 181 cm³/mol. The van der Waals surface area contributed by atoms with E-state index < -0.39 is 0 Å². The Morgan fingerprint density at radius 1 is 0.409 bits per heavy atom. The van der Waals surface area contributed by atoms with Crippen LogP contribution in [0.2, 0.25) is 0 Å². The highest BCUT2D eigenvalue weighted by Gasteiger charge is 2.44. The lowest BCUT2D eigenvalue weighted by Crippen LogP contribution is -2.60. The number of nitrogens with zero attached hydrogens (tertiary/aromatic N) is 5. The Balaban J connectivity index is 1.53. The van der Waals surface area contributed by atoms with Crippen LogP contribution in [0.15, 0.2) is 158 Å². The number of aromatic nitrogens is 4. The lowest BCUT2D eigenvalue weighted by Gasteiger charge is -2.35. The average molecular weight is 563 g/mol. The van der Waals surface area contributed by atoms with Gasteiger partial charge in [-0.2, -0.15) is 0 Å². The minimum atomic E-state index is -0.120. The smallest absolute Gasteiger partial charge is 0.289 e. The topological polar surface area (TPSA) is 38.9 Å². The maximum Gasteiger partial charge on any atom is 0.289 e. The first-order valence-corrected chi connectivity index (χ1v) is 14.9. The molecule has 0 aliphatic carbocycles. The van der Waals surface area contributed by atoms with Gasteiger partial charge in [0, 0.05) is 51.4 Å². The highest BCUT2D eigenvalue weighted by molar-refractivity contribution is 6.98. The first-order chi connectivity index (χ1) is 21.9. The summed E-state index contributed by atoms with van der Waals surface area (Å²) in [6.07, 6.45) is 3.79. The summed E-state index contributed by atoms with van der Waals surface area (Å²) in [5.74, 6) is 0. The van der Waals surface area contributed by atoms with Crippen molar-refractivity contribution >= 4 is 62.5 Å². The molecule has 8 aromatic rings. The lowest BCUT2D eigenvalue weighted by molar-refractivity contribution is 1.10. The van der Waals surface area contributed by atoms with Crippen LogP contribution >= 0.6 is 0 Å². The second kappa shape index (κ2) is 9.85. The third kappa shape index (κ3) is 3.55. The molecular formula is C38H26BN5. The maximum absolute atomic E-state index is 5.03. The standard InChI is InChI=1S/C38H26BN5/c1-5-15-27(16-6-1)39-35-33(31-23-13-25-40-37(31)43(35)29-19-9-3-10-20-29)42(28-17-7-2-8-18-28)34-32-24-14-26-41-38(32)44(36(34)39)30-21-11-4-12-22-30/h1-26H. The number of para-hydroxylation sites is 3. The molecule has 0 saturated heterocycles. The van der Waals surface area contributed by atoms with Gasteiger partial charge in [-0.1, -0.05) is 90.4 Å². The minimum Gasteiger partial charge on any atom is -0.307 e. The number of fused-ring (bicyclic) bond motifs is 6. The quantitative estimate of drug-likeness (QED) is 0.225. The van der Waals surface area contributed by atoms with Crippen molar-refractivity contribution in [3.8, 4) is 11.4 Å². The number of rotatable bonds is 4. The van der Waals surface area contributed by atoms with Gasteiger partial charge in [-0.3, -0.25) is 0 Å². The van der Waals surface area contributed by atoms with Crippen molar-refractivity contribution in [1.82, 2.24) is 19.1 Å². The molecule has 0 bridgehead atoms. The summed E-state index contributed by atoms with van der Waals surface area (Å²) in [7, 11) is 0. The lowest BCUT2D eigenvalue weighted by atomic mass is 9.38. The number of hydrogen-bond donors (Lipinski definition) is 0. The summed E-state index contributed by atoms with van der Waals surface area (Å²) < 4.78 is 4.73. The van der Waals surface area contributed by atoms with E-state index in [1.54, 1.807) is 0 Å². The van der Waals surface area contributed by atoms with Gasteiger partial charge in [0.05, 0.1) is 11.4 Å². The van der Waals surface area contributed by atoms with Gasteiger partial charge in [-0.05, 0) is 60.7 Å². The van der Waals surface area contributed by atoms with Crippen LogP contribution in [0.5, 0.6) is 0 Å². The van der Waals surface area contributed by atoms with Crippen molar-refractivity contribution < 1.29 is 0 Å². The predicted octanol–water partition coefficient (Wildman–Crippen LogP) is 6.66. The normalized spacial score (nSPS) is 12.5. The molecule has 9 rings (SSSR count). The number of hydrogen-bond acceptors (Lipinski definition) is 3. The van der Waals surface area contributed by atoms with E-state index in [0.29, 0.717) is 0 Å². The van der Waals surface area contributed by atoms with Gasteiger partial charge in [0.1, 0.15) is 11.3 Å². The molecule has 0 amide bonds. The van der Waals surface area contributed by atoms with Crippen LogP contribution in [0.25, 0.3) is 33.4 Å². The molecule has 44 heavy (non-hydrogen) atoms. The summed E-state index contributed by atoms with van der Waals surface area (Å²) >= 11 is 0. The van der Waals surface area contributed by atoms with Crippen LogP contribution in [0, 0.1) is 0 Å². The van der Waals surface area contributed by atoms with E-state index in [2.05, 4.69) is 147 Å². The first kappa shape index (κ1) is 24.7. The molecule has 1 aliphatic rings. The minimum absolute atomic E-state index is 0.120. The summed E-state index contributed by atoms with van der Waals surface area (Å²) in [4.78, 5) is 12.5. The summed E-state index contributed by atoms with van der Waals surface area (Å²) in [6.45, 7) is -0.120. The molecular weight excluding hydrogens is 537 g/mol. The van der Waals surface area contributed by atoms with Gasteiger partial charge in [-0.15, -0.1) is 0 Å². The largest absolute Gasteiger partial charge is 0.307 e. The van der Waals surface area contributed by atoms with Gasteiger partial charge >= 0.3 is 0 Å². The maximum atomic E-state index is 5.03. The van der Waals surface area contributed by atoms with Crippen LogP contribution in [-0.2, 0) is 0 Å². The number of anilines is 3. The SMILES string of the molecule is c1ccc(B2c3c(c4cccnc4n3-c3ccccc3)N(c3ccccc3)c3c2n(-c2ccccc2)c2ncccc32)cc1. The molecule has 4 aromatic carbocycles. The fraction of sp³-hybridized carbons (Fsp3) is 0. The molecule has 4 aromatic heterocycles. The van der Waals surface area contributed by atoms with E-state index in [1.165, 1.54) is 16.6 Å². The van der Waals surface area contributed by atoms with Crippen molar-refractivity contribution in [3.63, 3.8) is 0 Å². The van der Waals surface area contributed by atoms with E-state index in [-0.39, 0.29) is 6.71 Å². The first-order valence-electron chi connectivity index (χ1n) is 14.9. The Morgan fingerprint density at radius 3 is 1.27 bits per heavy atom. The summed E-state index contributed by atoms with van der Waals surface area (Å²) in [5.41, 5.74) is 11.0. The Kier molecular flexibility index (Phi) is 5.53. The average Bonchev–Trinajstić information content (AvgIpc) is 3.62. The highest BCUT2D eigenvalue weighted by atomic mass is 15.2. The molecule has 0 N–H and O–H groups in total. The molecule has 0 fully saturated rings. The molecule has 1 aliphatic heterocycles. The monoisotopic (exact) mass is 563 g/mol. The zero-order valence-corrected chi connectivity index (χ0v) is 23.8. The second-order valence-electron chi connectivity index (χ2n) is 11.1. The van der Waals surface area contributed by atoms with Crippen LogP contribution in [0.4, 0.5) is 17.1 Å². The third-order valence-corrected chi connectivity index (χ3v) is 8.64. The van der Waals surface area contributed by atoms with E-state index in [1.807, 2.05) is 24.5 Å². The van der Waals surface area contributed by atoms with Crippen molar-refractivity contribution in [1.29, 1.82) is 0 Å². The van der Waals surface area contributed by atoms with Crippen molar-refractivity contribution in [3.05, 3.63) is 158 Å². The fourth-order valence-corrected chi connectivity index (χ4v) is 6.95. The molecule has 5 heterocycles. The van der Waals surface area contributed by atoms with Gasteiger partial charge in [-0.25, -0.2) is 9.97 Å². The summed E-state index contributed by atoms with van der Waals surface area (Å²) in [6, 6.07) is 51.3. The Hall–Kier alpha value is -5.88. The second-order valence-corrected chi connectivity index (χ2v) is 11.1. The highest BCUT2D eigenvalue weighted by Crippen LogP contribution is 2.45. The summed E-state index contributed by atoms with van der Waals surface area (Å²) in [5, 5.41) is 2.21. The molecule has 6 heteroatoms. The molecule has 5 nitrogen and oxygen atoms in total. The molecule has 0 atom stereocenters. The van der Waals surface area contributed by atoms with Crippen molar-refractivity contribution in [2.45, 2.75) is 0 Å². The molecule has 206 valence electrons. The number of benzene rings is 4. The van der Waals surface area contributed by atoms with E-state index >= 15 is 0 Å². The van der Waals surface area contributed by atoms with Crippen LogP contribution in [0.1, 0.15) is 0 Å². The Bertz CT molecular complexity index is 2150. The van der Waals surface area contributed by atoms with Crippen molar-refractivity contribution in [2.75, 3.05) is 4.90 Å². The van der Waals surface area contributed by atoms with Crippen molar-refractivity contribution in [2.24, 2.45) is 0 Å². The third-order valence-electron chi connectivity index (χ3n) is 8.64. The molecule has 0 radical (unpaired) electrons. The van der Waals surface area contributed by atoms with Gasteiger partial charge in [0.15, 0.2) is 0 Å². The van der Waals surface area contributed by atoms with Gasteiger partial charge in [0.25, 0.3) is 6.71 Å². The van der Waals surface area contributed by atoms with Gasteiger partial charge < -0.3 is 14.0 Å². The van der Waals surface area contributed by atoms with Crippen LogP contribution in [0.3, 0.4) is 0 Å². The Labute approximate surface area is 255 Å². The Morgan fingerprint density at radius 2 is 0.818 bits per heavy atom. The molecule has 0 unspecified atom stereocenters. The molecule has 0 spiro atoms. The zero-order chi connectivity index (χ0) is 29.0. The zero-order valence-electron chi connectivity index (χ0n) is 23.8. The van der Waals surface area contributed by atoms with E-state index in [4.69, 9.17) is 9.97 Å². The molecule has 0 saturated carbocycles. The van der Waals surface area contributed by atoms with Gasteiger partial charge in [0.2, 0.25) is 0 Å². The van der Waals surface area contributed by atoms with Crippen LogP contribution < -0.4 is 21.5 Å².